The summed E-state index contributed by atoms with van der Waals surface area (Å²) in [4.78, 5) is 25.4. The predicted molar refractivity (Wildman–Crippen MR) is 122 cm³/mol. The van der Waals surface area contributed by atoms with Gasteiger partial charge in [0.2, 0.25) is 5.91 Å². The molecule has 4 heterocycles. The van der Waals surface area contributed by atoms with Crippen LogP contribution in [0.25, 0.3) is 5.65 Å². The fourth-order valence-corrected chi connectivity index (χ4v) is 5.54. The summed E-state index contributed by atoms with van der Waals surface area (Å²) in [5.41, 5.74) is 2.29. The van der Waals surface area contributed by atoms with Crippen LogP contribution in [-0.2, 0) is 14.6 Å². The van der Waals surface area contributed by atoms with Crippen LogP contribution in [-0.4, -0.2) is 65.0 Å². The van der Waals surface area contributed by atoms with E-state index in [2.05, 4.69) is 20.8 Å². The van der Waals surface area contributed by atoms with Gasteiger partial charge in [0.05, 0.1) is 5.75 Å². The lowest BCUT2D eigenvalue weighted by Gasteiger charge is -2.41. The molecule has 0 N–H and O–H groups in total. The number of imidazole rings is 1. The van der Waals surface area contributed by atoms with Crippen molar-refractivity contribution in [2.24, 2.45) is 0 Å². The van der Waals surface area contributed by atoms with E-state index >= 15 is 0 Å². The van der Waals surface area contributed by atoms with Gasteiger partial charge in [0.1, 0.15) is 16.5 Å². The number of carbonyl (C=O) groups is 1. The molecule has 1 saturated heterocycles. The minimum absolute atomic E-state index is 0.0636. The van der Waals surface area contributed by atoms with Crippen LogP contribution in [0.15, 0.2) is 47.9 Å². The Bertz CT molecular complexity index is 1310. The second-order valence-electron chi connectivity index (χ2n) is 7.98. The molecule has 0 saturated carbocycles. The number of rotatable bonds is 5. The van der Waals surface area contributed by atoms with Gasteiger partial charge >= 0.3 is 0 Å². The van der Waals surface area contributed by atoms with Crippen LogP contribution < -0.4 is 4.90 Å². The second-order valence-corrected chi connectivity index (χ2v) is 10.0. The molecule has 0 aliphatic carbocycles. The van der Waals surface area contributed by atoms with Crippen LogP contribution in [0.3, 0.4) is 0 Å². The number of amides is 1. The van der Waals surface area contributed by atoms with Gasteiger partial charge in [-0.3, -0.25) is 9.20 Å². The lowest BCUT2D eigenvalue weighted by atomic mass is 10.1. The van der Waals surface area contributed by atoms with Gasteiger partial charge in [0.15, 0.2) is 9.84 Å². The van der Waals surface area contributed by atoms with Gasteiger partial charge in [-0.2, -0.15) is 0 Å². The Morgan fingerprint density at radius 2 is 2.09 bits per heavy atom. The molecule has 1 atom stereocenters. The molecular weight excluding hydrogens is 426 g/mol. The molecule has 0 bridgehead atoms. The molecule has 3 aromatic rings. The number of anilines is 1. The highest BCUT2D eigenvalue weighted by molar-refractivity contribution is 7.91. The number of piperazine rings is 1. The smallest absolute Gasteiger partial charge is 0.223 e. The van der Waals surface area contributed by atoms with E-state index in [-0.39, 0.29) is 29.1 Å². The van der Waals surface area contributed by atoms with Crippen molar-refractivity contribution in [2.75, 3.05) is 30.3 Å². The van der Waals surface area contributed by atoms with E-state index in [1.165, 1.54) is 10.5 Å². The van der Waals surface area contributed by atoms with Crippen molar-refractivity contribution in [2.45, 2.75) is 31.3 Å². The Morgan fingerprint density at radius 3 is 2.81 bits per heavy atom. The van der Waals surface area contributed by atoms with E-state index in [1.807, 2.05) is 19.9 Å². The molecule has 1 amide bonds. The van der Waals surface area contributed by atoms with Gasteiger partial charge in [0.25, 0.3) is 0 Å². The highest BCUT2D eigenvalue weighted by Crippen LogP contribution is 2.22. The normalized spacial score (nSPS) is 16.8. The van der Waals surface area contributed by atoms with Crippen molar-refractivity contribution in [3.8, 4) is 12.3 Å². The van der Waals surface area contributed by atoms with E-state index in [9.17, 15) is 13.2 Å². The molecule has 166 valence electrons. The van der Waals surface area contributed by atoms with Crippen molar-refractivity contribution in [3.63, 3.8) is 0 Å². The molecule has 9 heteroatoms. The van der Waals surface area contributed by atoms with E-state index in [4.69, 9.17) is 6.42 Å². The lowest BCUT2D eigenvalue weighted by Crippen LogP contribution is -2.54. The number of pyridine rings is 2. The van der Waals surface area contributed by atoms with Crippen LogP contribution in [0, 0.1) is 19.3 Å². The van der Waals surface area contributed by atoms with Crippen LogP contribution in [0.4, 0.5) is 5.82 Å². The number of nitrogens with zero attached hydrogens (tertiary/aromatic N) is 5. The first-order valence-electron chi connectivity index (χ1n) is 10.4. The quantitative estimate of drug-likeness (QED) is 0.551. The number of fused-ring (bicyclic) bond motifs is 1. The maximum absolute atomic E-state index is 12.9. The molecule has 0 aromatic carbocycles. The van der Waals surface area contributed by atoms with E-state index in [1.54, 1.807) is 35.6 Å². The molecule has 1 aliphatic rings. The number of aromatic nitrogens is 3. The monoisotopic (exact) mass is 451 g/mol. The maximum Gasteiger partial charge on any atom is 0.223 e. The van der Waals surface area contributed by atoms with Crippen molar-refractivity contribution >= 4 is 27.2 Å². The molecular formula is C23H25N5O3S. The van der Waals surface area contributed by atoms with Crippen LogP contribution in [0.1, 0.15) is 24.5 Å². The zero-order chi connectivity index (χ0) is 22.9. The van der Waals surface area contributed by atoms with Crippen molar-refractivity contribution in [1.29, 1.82) is 0 Å². The fourth-order valence-electron chi connectivity index (χ4n) is 4.14. The molecule has 1 aliphatic heterocycles. The van der Waals surface area contributed by atoms with Crippen molar-refractivity contribution < 1.29 is 13.2 Å². The van der Waals surface area contributed by atoms with Gasteiger partial charge in [-0.25, -0.2) is 18.4 Å². The summed E-state index contributed by atoms with van der Waals surface area (Å²) >= 11 is 0. The molecule has 1 fully saturated rings. The first-order chi connectivity index (χ1) is 15.3. The summed E-state index contributed by atoms with van der Waals surface area (Å²) < 4.78 is 27.3. The number of aryl methyl sites for hydroxylation is 1. The first-order valence-corrected chi connectivity index (χ1v) is 12.1. The maximum atomic E-state index is 12.9. The Labute approximate surface area is 187 Å². The van der Waals surface area contributed by atoms with Gasteiger partial charge in [-0.1, -0.05) is 12.0 Å². The van der Waals surface area contributed by atoms with Crippen LogP contribution >= 0.6 is 0 Å². The average Bonchev–Trinajstić information content (AvgIpc) is 3.26. The highest BCUT2D eigenvalue weighted by Gasteiger charge is 2.30. The Morgan fingerprint density at radius 1 is 1.28 bits per heavy atom. The van der Waals surface area contributed by atoms with Gasteiger partial charge in [-0.05, 0) is 37.6 Å². The standard InChI is InChI=1S/C23H25N5O3S/c1-4-19-14-17(2)23(25-15-19)26-11-12-27(18(3)16-26)21(29)8-13-32(30,31)22-7-5-6-20-24-9-10-28(20)22/h1,5-7,9-10,14-15,18H,8,11-13,16H2,2-3H3/t18-/m0/s1. The highest BCUT2D eigenvalue weighted by atomic mass is 32.2. The lowest BCUT2D eigenvalue weighted by molar-refractivity contribution is -0.133. The van der Waals surface area contributed by atoms with Gasteiger partial charge in [-0.15, -0.1) is 6.42 Å². The van der Waals surface area contributed by atoms with E-state index < -0.39 is 9.84 Å². The molecule has 3 aromatic heterocycles. The van der Waals surface area contributed by atoms with Crippen LogP contribution in [0.5, 0.6) is 0 Å². The first kappa shape index (κ1) is 21.8. The largest absolute Gasteiger partial charge is 0.353 e. The van der Waals surface area contributed by atoms with E-state index in [0.29, 0.717) is 25.3 Å². The third-order valence-corrected chi connectivity index (χ3v) is 7.47. The predicted octanol–water partition coefficient (Wildman–Crippen LogP) is 1.92. The van der Waals surface area contributed by atoms with Crippen molar-refractivity contribution in [3.05, 3.63) is 54.0 Å². The Kier molecular flexibility index (Phi) is 5.89. The summed E-state index contributed by atoms with van der Waals surface area (Å²) in [7, 11) is -3.64. The van der Waals surface area contributed by atoms with E-state index in [0.717, 1.165) is 16.9 Å². The third kappa shape index (κ3) is 4.18. The summed E-state index contributed by atoms with van der Waals surface area (Å²) in [6, 6.07) is 6.80. The Hall–Kier alpha value is -3.38. The molecule has 0 radical (unpaired) electrons. The van der Waals surface area contributed by atoms with Crippen molar-refractivity contribution in [1.82, 2.24) is 19.3 Å². The summed E-state index contributed by atoms with van der Waals surface area (Å²) in [6.07, 6.45) is 10.2. The third-order valence-electron chi connectivity index (χ3n) is 5.76. The number of sulfone groups is 1. The SMILES string of the molecule is C#Cc1cnc(N2CCN(C(=O)CCS(=O)(=O)c3cccc4nccn34)[C@@H](C)C2)c(C)c1. The minimum atomic E-state index is -3.64. The number of carbonyl (C=O) groups excluding carboxylic acids is 1. The molecule has 0 unspecified atom stereocenters. The fraction of sp³-hybridized carbons (Fsp3) is 0.348. The molecule has 8 nitrogen and oxygen atoms in total. The minimum Gasteiger partial charge on any atom is -0.353 e. The van der Waals surface area contributed by atoms with Crippen LogP contribution in [0.2, 0.25) is 0 Å². The Balaban J connectivity index is 1.41. The second kappa shape index (κ2) is 8.63. The topological polar surface area (TPSA) is 87.9 Å². The molecule has 0 spiro atoms. The average molecular weight is 452 g/mol. The number of hydrogen-bond donors (Lipinski definition) is 0. The number of terminal acetylenes is 1. The molecule has 32 heavy (non-hydrogen) atoms. The summed E-state index contributed by atoms with van der Waals surface area (Å²) in [5, 5.41) is 0.148. The molecule has 4 rings (SSSR count). The zero-order valence-electron chi connectivity index (χ0n) is 18.1. The number of hydrogen-bond acceptors (Lipinski definition) is 6. The summed E-state index contributed by atoms with van der Waals surface area (Å²) in [6.45, 7) is 5.69. The van der Waals surface area contributed by atoms with Gasteiger partial charge < -0.3 is 9.80 Å². The zero-order valence-corrected chi connectivity index (χ0v) is 18.9. The summed E-state index contributed by atoms with van der Waals surface area (Å²) in [5.74, 6) is 3.04. The van der Waals surface area contributed by atoms with Gasteiger partial charge in [0, 0.05) is 56.3 Å².